The molecule has 4 rings (SSSR count). The number of hydrogen-bond acceptors (Lipinski definition) is 6. The molecule has 0 radical (unpaired) electrons. The van der Waals surface area contributed by atoms with E-state index < -0.39 is 15.9 Å². The molecule has 0 bridgehead atoms. The molecule has 3 aromatic carbocycles. The van der Waals surface area contributed by atoms with E-state index in [1.807, 2.05) is 65.4 Å². The average molecular weight is 492 g/mol. The summed E-state index contributed by atoms with van der Waals surface area (Å²) in [7, 11) is -3.59. The fraction of sp³-hybridized carbons (Fsp3) is 0.0800. The zero-order chi connectivity index (χ0) is 24.1. The molecule has 172 valence electrons. The minimum atomic E-state index is -3.59. The summed E-state index contributed by atoms with van der Waals surface area (Å²) < 4.78 is 24.2. The molecule has 0 unspecified atom stereocenters. The lowest BCUT2D eigenvalue weighted by molar-refractivity contribution is -0.118. The van der Waals surface area contributed by atoms with Crippen LogP contribution < -0.4 is 10.0 Å². The zero-order valence-corrected chi connectivity index (χ0v) is 19.8. The Morgan fingerprint density at radius 1 is 0.971 bits per heavy atom. The standard InChI is InChI=1S/C25H21N3O4S2/c1-34(31,32)28-23(29)16-18-9-13-21(14-10-18)26-25-27-24(30)22(33-25)15-17-7-11-20(12-8-17)19-5-3-2-4-6-19/h2-15H,16H2,1H3,(H,28,29)(H,26,27,30)/b22-15+. The number of nitrogens with zero attached hydrogens (tertiary/aromatic N) is 1. The van der Waals surface area contributed by atoms with E-state index in [1.165, 1.54) is 11.8 Å². The summed E-state index contributed by atoms with van der Waals surface area (Å²) in [4.78, 5) is 29.1. The topological polar surface area (TPSA) is 105 Å². The van der Waals surface area contributed by atoms with Gasteiger partial charge in [-0.15, -0.1) is 0 Å². The maximum atomic E-state index is 12.4. The zero-order valence-electron chi connectivity index (χ0n) is 18.2. The maximum Gasteiger partial charge on any atom is 0.264 e. The Hall–Kier alpha value is -3.69. The lowest BCUT2D eigenvalue weighted by Gasteiger charge is -2.03. The van der Waals surface area contributed by atoms with Crippen LogP contribution in [-0.4, -0.2) is 31.7 Å². The molecule has 0 aromatic heterocycles. The van der Waals surface area contributed by atoms with Crippen LogP contribution in [0.5, 0.6) is 0 Å². The highest BCUT2D eigenvalue weighted by Gasteiger charge is 2.23. The summed E-state index contributed by atoms with van der Waals surface area (Å²) in [5, 5.41) is 3.22. The number of rotatable bonds is 6. The van der Waals surface area contributed by atoms with Crippen molar-refractivity contribution in [2.45, 2.75) is 6.42 Å². The molecular formula is C25H21N3O4S2. The number of carbonyl (C=O) groups excluding carboxylic acids is 2. The largest absolute Gasteiger partial charge is 0.300 e. The molecule has 1 fully saturated rings. The molecule has 0 saturated carbocycles. The third-order valence-corrected chi connectivity index (χ3v) is 6.31. The highest BCUT2D eigenvalue weighted by molar-refractivity contribution is 8.18. The van der Waals surface area contributed by atoms with E-state index in [9.17, 15) is 18.0 Å². The fourth-order valence-electron chi connectivity index (χ4n) is 3.27. The lowest BCUT2D eigenvalue weighted by Crippen LogP contribution is -2.30. The quantitative estimate of drug-likeness (QED) is 0.510. The van der Waals surface area contributed by atoms with Crippen molar-refractivity contribution in [2.75, 3.05) is 6.26 Å². The van der Waals surface area contributed by atoms with Gasteiger partial charge in [0.25, 0.3) is 5.91 Å². The van der Waals surface area contributed by atoms with Gasteiger partial charge in [0, 0.05) is 0 Å². The first-order valence-corrected chi connectivity index (χ1v) is 13.0. The Morgan fingerprint density at radius 2 is 1.62 bits per heavy atom. The number of nitrogens with one attached hydrogen (secondary N) is 2. The Kier molecular flexibility index (Phi) is 6.95. The predicted octanol–water partition coefficient (Wildman–Crippen LogP) is 3.86. The van der Waals surface area contributed by atoms with Crippen molar-refractivity contribution >= 4 is 50.5 Å². The average Bonchev–Trinajstić information content (AvgIpc) is 3.13. The van der Waals surface area contributed by atoms with Crippen LogP contribution in [0.4, 0.5) is 5.69 Å². The fourth-order valence-corrected chi connectivity index (χ4v) is 4.60. The molecule has 7 nitrogen and oxygen atoms in total. The highest BCUT2D eigenvalue weighted by Crippen LogP contribution is 2.29. The van der Waals surface area contributed by atoms with Crippen molar-refractivity contribution in [1.29, 1.82) is 0 Å². The number of hydrogen-bond donors (Lipinski definition) is 2. The molecule has 1 saturated heterocycles. The summed E-state index contributed by atoms with van der Waals surface area (Å²) in [6.45, 7) is 0. The minimum Gasteiger partial charge on any atom is -0.300 e. The normalized spacial score (nSPS) is 16.0. The molecule has 1 aliphatic heterocycles. The van der Waals surface area contributed by atoms with Crippen molar-refractivity contribution in [1.82, 2.24) is 10.0 Å². The molecule has 3 aromatic rings. The Balaban J connectivity index is 1.41. The van der Waals surface area contributed by atoms with E-state index in [-0.39, 0.29) is 12.3 Å². The van der Waals surface area contributed by atoms with Gasteiger partial charge in [0.05, 0.1) is 23.3 Å². The van der Waals surface area contributed by atoms with E-state index in [0.717, 1.165) is 22.9 Å². The van der Waals surface area contributed by atoms with Gasteiger partial charge in [-0.25, -0.2) is 13.4 Å². The van der Waals surface area contributed by atoms with Crippen LogP contribution >= 0.6 is 11.8 Å². The monoisotopic (exact) mass is 491 g/mol. The summed E-state index contributed by atoms with van der Waals surface area (Å²) in [6.07, 6.45) is 2.69. The third-order valence-electron chi connectivity index (χ3n) is 4.80. The van der Waals surface area contributed by atoms with Gasteiger partial charge < -0.3 is 5.32 Å². The number of aliphatic imine (C=N–C) groups is 1. The van der Waals surface area contributed by atoms with Crippen LogP contribution in [-0.2, 0) is 26.0 Å². The van der Waals surface area contributed by atoms with Gasteiger partial charge in [-0.05, 0) is 52.2 Å². The molecule has 2 amide bonds. The molecule has 9 heteroatoms. The second-order valence-electron chi connectivity index (χ2n) is 7.61. The minimum absolute atomic E-state index is 0.0641. The predicted molar refractivity (Wildman–Crippen MR) is 136 cm³/mol. The van der Waals surface area contributed by atoms with Crippen molar-refractivity contribution in [2.24, 2.45) is 4.99 Å². The lowest BCUT2D eigenvalue weighted by atomic mass is 10.0. The molecule has 0 spiro atoms. The Labute approximate surface area is 202 Å². The Bertz CT molecular complexity index is 1380. The number of sulfonamides is 1. The molecule has 34 heavy (non-hydrogen) atoms. The molecule has 1 heterocycles. The van der Waals surface area contributed by atoms with Gasteiger partial charge in [-0.1, -0.05) is 66.7 Å². The van der Waals surface area contributed by atoms with Crippen LogP contribution in [0.25, 0.3) is 17.2 Å². The van der Waals surface area contributed by atoms with Crippen molar-refractivity contribution in [3.8, 4) is 11.1 Å². The van der Waals surface area contributed by atoms with E-state index in [2.05, 4.69) is 10.3 Å². The van der Waals surface area contributed by atoms with Crippen LogP contribution in [0, 0.1) is 0 Å². The maximum absolute atomic E-state index is 12.4. The van der Waals surface area contributed by atoms with Gasteiger partial charge in [0.1, 0.15) is 0 Å². The first-order valence-electron chi connectivity index (χ1n) is 10.3. The number of carbonyl (C=O) groups is 2. The number of amides is 2. The van der Waals surface area contributed by atoms with Crippen LogP contribution in [0.1, 0.15) is 11.1 Å². The third kappa shape index (κ3) is 6.43. The van der Waals surface area contributed by atoms with Crippen LogP contribution in [0.3, 0.4) is 0 Å². The smallest absolute Gasteiger partial charge is 0.264 e. The van der Waals surface area contributed by atoms with Crippen molar-refractivity contribution in [3.63, 3.8) is 0 Å². The van der Waals surface area contributed by atoms with E-state index in [0.29, 0.717) is 21.3 Å². The van der Waals surface area contributed by atoms with Gasteiger partial charge in [-0.2, -0.15) is 0 Å². The second-order valence-corrected chi connectivity index (χ2v) is 10.4. The van der Waals surface area contributed by atoms with Crippen molar-refractivity contribution < 1.29 is 18.0 Å². The molecule has 2 N–H and O–H groups in total. The highest BCUT2D eigenvalue weighted by atomic mass is 32.2. The van der Waals surface area contributed by atoms with E-state index >= 15 is 0 Å². The van der Waals surface area contributed by atoms with Gasteiger partial charge in [-0.3, -0.25) is 14.3 Å². The van der Waals surface area contributed by atoms with Crippen LogP contribution in [0.2, 0.25) is 0 Å². The molecule has 0 atom stereocenters. The van der Waals surface area contributed by atoms with E-state index in [4.69, 9.17) is 0 Å². The number of thioether (sulfide) groups is 1. The van der Waals surface area contributed by atoms with Crippen molar-refractivity contribution in [3.05, 3.63) is 94.9 Å². The van der Waals surface area contributed by atoms with Gasteiger partial charge in [0.15, 0.2) is 5.17 Å². The first kappa shape index (κ1) is 23.5. The van der Waals surface area contributed by atoms with Gasteiger partial charge >= 0.3 is 0 Å². The van der Waals surface area contributed by atoms with E-state index in [1.54, 1.807) is 24.3 Å². The summed E-state index contributed by atoms with van der Waals surface area (Å²) >= 11 is 1.25. The summed E-state index contributed by atoms with van der Waals surface area (Å²) in [5.41, 5.74) is 4.39. The number of benzene rings is 3. The summed E-state index contributed by atoms with van der Waals surface area (Å²) in [5.74, 6) is -0.822. The first-order chi connectivity index (χ1) is 16.2. The summed E-state index contributed by atoms with van der Waals surface area (Å²) in [6, 6.07) is 24.8. The SMILES string of the molecule is CS(=O)(=O)NC(=O)Cc1ccc(N=C2NC(=O)/C(=C\c3ccc(-c4ccccc4)cc3)S2)cc1. The second kappa shape index (κ2) is 10.1. The van der Waals surface area contributed by atoms with Crippen LogP contribution in [0.15, 0.2) is 88.8 Å². The number of amidine groups is 1. The van der Waals surface area contributed by atoms with Gasteiger partial charge in [0.2, 0.25) is 15.9 Å². The molecule has 1 aliphatic rings. The Morgan fingerprint density at radius 3 is 2.26 bits per heavy atom. The molecular weight excluding hydrogens is 470 g/mol. The molecule has 0 aliphatic carbocycles.